The number of benzene rings is 2. The summed E-state index contributed by atoms with van der Waals surface area (Å²) in [6, 6.07) is 15.8. The summed E-state index contributed by atoms with van der Waals surface area (Å²) in [6.45, 7) is 5.84. The molecule has 0 bridgehead atoms. The van der Waals surface area contributed by atoms with Crippen LogP contribution in [-0.2, 0) is 11.2 Å². The van der Waals surface area contributed by atoms with Gasteiger partial charge in [0.05, 0.1) is 18.8 Å². The minimum atomic E-state index is 0.102. The Labute approximate surface area is 203 Å². The molecule has 1 aliphatic rings. The third-order valence-corrected chi connectivity index (χ3v) is 6.69. The van der Waals surface area contributed by atoms with E-state index < -0.39 is 0 Å². The second-order valence-electron chi connectivity index (χ2n) is 7.92. The summed E-state index contributed by atoms with van der Waals surface area (Å²) in [4.78, 5) is 23.6. The number of nitrogens with zero attached hydrogens (tertiary/aromatic N) is 5. The number of rotatable bonds is 8. The van der Waals surface area contributed by atoms with E-state index in [0.29, 0.717) is 31.1 Å². The van der Waals surface area contributed by atoms with Crippen molar-refractivity contribution in [3.63, 3.8) is 0 Å². The lowest BCUT2D eigenvalue weighted by atomic mass is 10.1. The van der Waals surface area contributed by atoms with Crippen LogP contribution in [0.3, 0.4) is 0 Å². The molecule has 9 heteroatoms. The molecule has 7 nitrogen and oxygen atoms in total. The van der Waals surface area contributed by atoms with Crippen LogP contribution in [0.5, 0.6) is 5.75 Å². The van der Waals surface area contributed by atoms with Crippen LogP contribution in [0.25, 0.3) is 0 Å². The number of carbonyl (C=O) groups excluding carboxylic acids is 1. The smallest absolute Gasteiger partial charge is 0.242 e. The van der Waals surface area contributed by atoms with Gasteiger partial charge in [-0.15, -0.1) is 0 Å². The van der Waals surface area contributed by atoms with Crippen LogP contribution in [-0.4, -0.2) is 66.5 Å². The molecule has 0 spiro atoms. The Morgan fingerprint density at radius 2 is 1.85 bits per heavy atom. The summed E-state index contributed by atoms with van der Waals surface area (Å²) in [5.74, 6) is 1.74. The third kappa shape index (κ3) is 5.94. The molecule has 0 atom stereocenters. The lowest BCUT2D eigenvalue weighted by molar-refractivity contribution is -0.129. The van der Waals surface area contributed by atoms with Crippen molar-refractivity contribution < 1.29 is 9.53 Å². The summed E-state index contributed by atoms with van der Waals surface area (Å²) in [6.07, 6.45) is 0.640. The molecule has 1 saturated heterocycles. The monoisotopic (exact) mass is 485 g/mol. The Balaban J connectivity index is 1.29. The van der Waals surface area contributed by atoms with Crippen molar-refractivity contribution in [2.24, 2.45) is 0 Å². The lowest BCUT2D eigenvalue weighted by Gasteiger charge is -2.37. The van der Waals surface area contributed by atoms with Crippen LogP contribution >= 0.6 is 23.1 Å². The van der Waals surface area contributed by atoms with Gasteiger partial charge in [0, 0.05) is 56.2 Å². The van der Waals surface area contributed by atoms with E-state index >= 15 is 0 Å². The predicted octanol–water partition coefficient (Wildman–Crippen LogP) is 3.97. The van der Waals surface area contributed by atoms with Gasteiger partial charge in [0.25, 0.3) is 0 Å². The van der Waals surface area contributed by atoms with Crippen molar-refractivity contribution in [1.82, 2.24) is 14.3 Å². The number of anilines is 2. The molecule has 0 N–H and O–H groups in total. The number of hydrogen-bond donors (Lipinski definition) is 0. The molecule has 0 unspecified atom stereocenters. The molecule has 0 saturated carbocycles. The van der Waals surface area contributed by atoms with Crippen molar-refractivity contribution in [3.8, 4) is 5.75 Å². The lowest BCUT2D eigenvalue weighted by Crippen LogP contribution is -2.51. The van der Waals surface area contributed by atoms with Gasteiger partial charge >= 0.3 is 0 Å². The van der Waals surface area contributed by atoms with E-state index in [1.165, 1.54) is 11.5 Å². The molecule has 2 aromatic carbocycles. The highest BCUT2D eigenvalue weighted by Crippen LogP contribution is 2.29. The number of amides is 1. The van der Waals surface area contributed by atoms with E-state index in [1.807, 2.05) is 66.2 Å². The first kappa shape index (κ1) is 23.3. The molecule has 1 aromatic heterocycles. The average molecular weight is 486 g/mol. The minimum Gasteiger partial charge on any atom is -0.492 e. The topological polar surface area (TPSA) is 61.8 Å². The van der Waals surface area contributed by atoms with Gasteiger partial charge in [-0.2, -0.15) is 4.37 Å². The predicted molar refractivity (Wildman–Crippen MR) is 134 cm³/mol. The van der Waals surface area contributed by atoms with E-state index in [2.05, 4.69) is 20.3 Å². The number of likely N-dealkylation sites (N-methyl/N-ethyl adjacent to an activating group) is 1. The highest BCUT2D eigenvalue weighted by molar-refractivity contribution is 7.09. The highest BCUT2D eigenvalue weighted by atomic mass is 35.5. The first-order valence-electron chi connectivity index (χ1n) is 11.1. The SMILES string of the molecule is CCOc1ccccc1N1CCN(C(=O)CN(C)c2nc(Cc3ccc(Cl)cc3)ns2)CC1. The van der Waals surface area contributed by atoms with Crippen LogP contribution in [0.15, 0.2) is 48.5 Å². The Hall–Kier alpha value is -2.84. The quantitative estimate of drug-likeness (QED) is 0.481. The number of carbonyl (C=O) groups is 1. The number of hydrogen-bond acceptors (Lipinski definition) is 7. The molecule has 2 heterocycles. The number of aromatic nitrogens is 2. The molecular weight excluding hydrogens is 458 g/mol. The van der Waals surface area contributed by atoms with Crippen molar-refractivity contribution in [2.75, 3.05) is 56.2 Å². The van der Waals surface area contributed by atoms with Crippen molar-refractivity contribution in [1.29, 1.82) is 0 Å². The normalized spacial score (nSPS) is 13.8. The van der Waals surface area contributed by atoms with Gasteiger partial charge < -0.3 is 19.4 Å². The molecular formula is C24H28ClN5O2S. The van der Waals surface area contributed by atoms with Gasteiger partial charge in [0.2, 0.25) is 11.0 Å². The standard InChI is InChI=1S/C24H28ClN5O2S/c1-3-32-21-7-5-4-6-20(21)29-12-14-30(15-13-29)23(31)17-28(2)24-26-22(27-33-24)16-18-8-10-19(25)11-9-18/h4-11H,3,12-17H2,1-2H3. The minimum absolute atomic E-state index is 0.102. The highest BCUT2D eigenvalue weighted by Gasteiger charge is 2.24. The van der Waals surface area contributed by atoms with E-state index in [0.717, 1.165) is 41.0 Å². The van der Waals surface area contributed by atoms with Gasteiger partial charge in [-0.3, -0.25) is 4.79 Å². The number of halogens is 1. The van der Waals surface area contributed by atoms with Crippen LogP contribution in [0.1, 0.15) is 18.3 Å². The molecule has 0 aliphatic carbocycles. The van der Waals surface area contributed by atoms with E-state index in [-0.39, 0.29) is 12.5 Å². The van der Waals surface area contributed by atoms with E-state index in [4.69, 9.17) is 16.3 Å². The molecule has 1 fully saturated rings. The molecule has 0 radical (unpaired) electrons. The van der Waals surface area contributed by atoms with Crippen molar-refractivity contribution >= 4 is 39.9 Å². The zero-order valence-electron chi connectivity index (χ0n) is 18.9. The second-order valence-corrected chi connectivity index (χ2v) is 9.09. The third-order valence-electron chi connectivity index (χ3n) is 5.57. The fraction of sp³-hybridized carbons (Fsp3) is 0.375. The van der Waals surface area contributed by atoms with Crippen molar-refractivity contribution in [3.05, 3.63) is 64.9 Å². The van der Waals surface area contributed by atoms with Crippen molar-refractivity contribution in [2.45, 2.75) is 13.3 Å². The molecule has 3 aromatic rings. The molecule has 174 valence electrons. The Morgan fingerprint density at radius 1 is 1.12 bits per heavy atom. The molecule has 1 aliphatic heterocycles. The number of para-hydroxylation sites is 2. The van der Waals surface area contributed by atoms with Gasteiger partial charge in [0.15, 0.2) is 0 Å². The van der Waals surface area contributed by atoms with Crippen LogP contribution < -0.4 is 14.5 Å². The molecule has 33 heavy (non-hydrogen) atoms. The molecule has 1 amide bonds. The summed E-state index contributed by atoms with van der Waals surface area (Å²) < 4.78 is 10.2. The summed E-state index contributed by atoms with van der Waals surface area (Å²) in [7, 11) is 1.89. The maximum atomic E-state index is 12.9. The zero-order valence-corrected chi connectivity index (χ0v) is 20.5. The number of piperazine rings is 1. The largest absolute Gasteiger partial charge is 0.492 e. The first-order chi connectivity index (χ1) is 16.0. The fourth-order valence-corrected chi connectivity index (χ4v) is 4.59. The van der Waals surface area contributed by atoms with Crippen LogP contribution in [0.2, 0.25) is 5.02 Å². The van der Waals surface area contributed by atoms with Crippen LogP contribution in [0, 0.1) is 0 Å². The van der Waals surface area contributed by atoms with Crippen LogP contribution in [0.4, 0.5) is 10.8 Å². The summed E-state index contributed by atoms with van der Waals surface area (Å²) in [5.41, 5.74) is 2.19. The maximum absolute atomic E-state index is 12.9. The first-order valence-corrected chi connectivity index (χ1v) is 12.2. The fourth-order valence-electron chi connectivity index (χ4n) is 3.82. The number of ether oxygens (including phenoxy) is 1. The molecule has 4 rings (SSSR count). The Morgan fingerprint density at radius 3 is 2.58 bits per heavy atom. The second kappa shape index (κ2) is 10.9. The Kier molecular flexibility index (Phi) is 7.67. The summed E-state index contributed by atoms with van der Waals surface area (Å²) >= 11 is 7.27. The maximum Gasteiger partial charge on any atom is 0.242 e. The van der Waals surface area contributed by atoms with E-state index in [1.54, 1.807) is 0 Å². The van der Waals surface area contributed by atoms with Gasteiger partial charge in [-0.25, -0.2) is 4.98 Å². The van der Waals surface area contributed by atoms with E-state index in [9.17, 15) is 4.79 Å². The van der Waals surface area contributed by atoms with Gasteiger partial charge in [-0.05, 0) is 36.8 Å². The van der Waals surface area contributed by atoms with Gasteiger partial charge in [0.1, 0.15) is 11.6 Å². The average Bonchev–Trinajstić information content (AvgIpc) is 3.30. The van der Waals surface area contributed by atoms with Gasteiger partial charge in [-0.1, -0.05) is 35.9 Å². The summed E-state index contributed by atoms with van der Waals surface area (Å²) in [5, 5.41) is 1.46. The zero-order chi connectivity index (χ0) is 23.2. The Bertz CT molecular complexity index is 1070.